The summed E-state index contributed by atoms with van der Waals surface area (Å²) in [6.45, 7) is 1.08. The van der Waals surface area contributed by atoms with Crippen molar-refractivity contribution in [2.24, 2.45) is 0 Å². The molecule has 1 aromatic rings. The standard InChI is InChI=1S/C15H20O5/c16-14(17)8-4-5-9-15(18)20-11-10-19-12-13-6-2-1-3-7-13/h1-3,6-7H,4-5,8-12H2,(H,16,17). The first-order valence-electron chi connectivity index (χ1n) is 6.67. The van der Waals surface area contributed by atoms with Gasteiger partial charge in [-0.15, -0.1) is 0 Å². The maximum absolute atomic E-state index is 11.3. The molecule has 0 amide bonds. The van der Waals surface area contributed by atoms with Crippen molar-refractivity contribution in [3.8, 4) is 0 Å². The summed E-state index contributed by atoms with van der Waals surface area (Å²) >= 11 is 0. The third-order valence-corrected chi connectivity index (χ3v) is 2.62. The number of carboxylic acids is 1. The van der Waals surface area contributed by atoms with Gasteiger partial charge in [0.05, 0.1) is 13.2 Å². The molecule has 0 saturated heterocycles. The monoisotopic (exact) mass is 280 g/mol. The first kappa shape index (κ1) is 16.2. The lowest BCUT2D eigenvalue weighted by atomic mass is 10.2. The minimum atomic E-state index is -0.840. The summed E-state index contributed by atoms with van der Waals surface area (Å²) < 4.78 is 10.3. The molecule has 0 aromatic heterocycles. The number of ether oxygens (including phenoxy) is 2. The lowest BCUT2D eigenvalue weighted by Crippen LogP contribution is -2.10. The number of carbonyl (C=O) groups is 2. The molecule has 1 rings (SSSR count). The highest BCUT2D eigenvalue weighted by molar-refractivity contribution is 5.69. The van der Waals surface area contributed by atoms with Crippen LogP contribution in [-0.2, 0) is 25.7 Å². The quantitative estimate of drug-likeness (QED) is 0.526. The molecule has 0 aliphatic carbocycles. The van der Waals surface area contributed by atoms with Crippen LogP contribution in [0.15, 0.2) is 30.3 Å². The average Bonchev–Trinajstić information content (AvgIpc) is 2.44. The summed E-state index contributed by atoms with van der Waals surface area (Å²) in [6, 6.07) is 9.75. The molecular weight excluding hydrogens is 260 g/mol. The fraction of sp³-hybridized carbons (Fsp3) is 0.467. The Balaban J connectivity index is 1.95. The molecule has 1 aromatic carbocycles. The molecule has 0 bridgehead atoms. The van der Waals surface area contributed by atoms with E-state index in [2.05, 4.69) is 0 Å². The predicted molar refractivity (Wildman–Crippen MR) is 73.2 cm³/mol. The Hall–Kier alpha value is -1.88. The van der Waals surface area contributed by atoms with Gasteiger partial charge in [0.1, 0.15) is 6.61 Å². The van der Waals surface area contributed by atoms with Gasteiger partial charge in [0.2, 0.25) is 0 Å². The molecule has 110 valence electrons. The Kier molecular flexibility index (Phi) is 8.07. The van der Waals surface area contributed by atoms with Crippen LogP contribution in [0.4, 0.5) is 0 Å². The van der Waals surface area contributed by atoms with Crippen molar-refractivity contribution in [3.05, 3.63) is 35.9 Å². The molecule has 0 atom stereocenters. The number of aliphatic carboxylic acids is 1. The first-order chi connectivity index (χ1) is 9.68. The van der Waals surface area contributed by atoms with Crippen molar-refractivity contribution in [3.63, 3.8) is 0 Å². The molecule has 0 unspecified atom stereocenters. The number of carboxylic acid groups (broad SMARTS) is 1. The highest BCUT2D eigenvalue weighted by Crippen LogP contribution is 2.02. The maximum atomic E-state index is 11.3. The van der Waals surface area contributed by atoms with Crippen LogP contribution in [0.25, 0.3) is 0 Å². The van der Waals surface area contributed by atoms with Gasteiger partial charge in [0.15, 0.2) is 0 Å². The van der Waals surface area contributed by atoms with Gasteiger partial charge < -0.3 is 14.6 Å². The number of unbranched alkanes of at least 4 members (excludes halogenated alkanes) is 1. The fourth-order valence-electron chi connectivity index (χ4n) is 1.60. The number of hydrogen-bond acceptors (Lipinski definition) is 4. The summed E-state index contributed by atoms with van der Waals surface area (Å²) in [4.78, 5) is 21.6. The fourth-order valence-corrected chi connectivity index (χ4v) is 1.60. The lowest BCUT2D eigenvalue weighted by Gasteiger charge is -2.06. The number of rotatable bonds is 10. The van der Waals surface area contributed by atoms with E-state index >= 15 is 0 Å². The molecule has 0 aliphatic heterocycles. The van der Waals surface area contributed by atoms with Crippen LogP contribution >= 0.6 is 0 Å². The first-order valence-corrected chi connectivity index (χ1v) is 6.67. The number of esters is 1. The summed E-state index contributed by atoms with van der Waals surface area (Å²) in [5.41, 5.74) is 1.08. The van der Waals surface area contributed by atoms with Gasteiger partial charge in [0.25, 0.3) is 0 Å². The smallest absolute Gasteiger partial charge is 0.305 e. The third-order valence-electron chi connectivity index (χ3n) is 2.62. The van der Waals surface area contributed by atoms with Gasteiger partial charge in [-0.1, -0.05) is 30.3 Å². The van der Waals surface area contributed by atoms with E-state index in [9.17, 15) is 9.59 Å². The number of hydrogen-bond donors (Lipinski definition) is 1. The highest BCUT2D eigenvalue weighted by atomic mass is 16.6. The molecular formula is C15H20O5. The molecule has 0 radical (unpaired) electrons. The van der Waals surface area contributed by atoms with E-state index in [1.807, 2.05) is 30.3 Å². The van der Waals surface area contributed by atoms with E-state index in [0.717, 1.165) is 5.56 Å². The Morgan fingerprint density at radius 3 is 2.40 bits per heavy atom. The van der Waals surface area contributed by atoms with Gasteiger partial charge in [-0.3, -0.25) is 9.59 Å². The minimum absolute atomic E-state index is 0.0907. The van der Waals surface area contributed by atoms with E-state index in [1.54, 1.807) is 0 Å². The van der Waals surface area contributed by atoms with E-state index in [-0.39, 0.29) is 25.4 Å². The largest absolute Gasteiger partial charge is 0.481 e. The number of carbonyl (C=O) groups excluding carboxylic acids is 1. The van der Waals surface area contributed by atoms with Crippen molar-refractivity contribution in [1.29, 1.82) is 0 Å². The van der Waals surface area contributed by atoms with E-state index < -0.39 is 5.97 Å². The molecule has 5 heteroatoms. The Labute approximate surface area is 118 Å². The molecule has 0 spiro atoms. The van der Waals surface area contributed by atoms with Crippen LogP contribution in [0.2, 0.25) is 0 Å². The van der Waals surface area contributed by atoms with Gasteiger partial charge in [-0.25, -0.2) is 0 Å². The van der Waals surface area contributed by atoms with Gasteiger partial charge in [-0.2, -0.15) is 0 Å². The maximum Gasteiger partial charge on any atom is 0.305 e. The van der Waals surface area contributed by atoms with E-state index in [0.29, 0.717) is 26.1 Å². The summed E-state index contributed by atoms with van der Waals surface area (Å²) in [6.07, 6.45) is 1.38. The highest BCUT2D eigenvalue weighted by Gasteiger charge is 2.04. The van der Waals surface area contributed by atoms with E-state index in [4.69, 9.17) is 14.6 Å². The second-order valence-electron chi connectivity index (χ2n) is 4.36. The summed E-state index contributed by atoms with van der Waals surface area (Å²) in [7, 11) is 0. The van der Waals surface area contributed by atoms with Gasteiger partial charge in [-0.05, 0) is 18.4 Å². The van der Waals surface area contributed by atoms with Crippen LogP contribution < -0.4 is 0 Å². The van der Waals surface area contributed by atoms with Crippen molar-refractivity contribution in [2.75, 3.05) is 13.2 Å². The Morgan fingerprint density at radius 2 is 1.70 bits per heavy atom. The zero-order valence-electron chi connectivity index (χ0n) is 11.4. The van der Waals surface area contributed by atoms with Crippen LogP contribution in [0, 0.1) is 0 Å². The zero-order chi connectivity index (χ0) is 14.6. The molecule has 0 saturated carbocycles. The predicted octanol–water partition coefficient (Wildman–Crippen LogP) is 2.39. The summed E-state index contributed by atoms with van der Waals surface area (Å²) in [5, 5.41) is 8.44. The van der Waals surface area contributed by atoms with Crippen LogP contribution in [0.5, 0.6) is 0 Å². The third kappa shape index (κ3) is 8.26. The molecule has 1 N–H and O–H groups in total. The normalized spacial score (nSPS) is 10.2. The van der Waals surface area contributed by atoms with Crippen molar-refractivity contribution < 1.29 is 24.2 Å². The average molecular weight is 280 g/mol. The van der Waals surface area contributed by atoms with Gasteiger partial charge >= 0.3 is 11.9 Å². The van der Waals surface area contributed by atoms with E-state index in [1.165, 1.54) is 0 Å². The van der Waals surface area contributed by atoms with Crippen molar-refractivity contribution >= 4 is 11.9 Å². The number of benzene rings is 1. The molecule has 0 aliphatic rings. The van der Waals surface area contributed by atoms with Gasteiger partial charge in [0, 0.05) is 12.8 Å². The Bertz CT molecular complexity index is 402. The lowest BCUT2D eigenvalue weighted by molar-refractivity contribution is -0.146. The van der Waals surface area contributed by atoms with Crippen LogP contribution in [-0.4, -0.2) is 30.3 Å². The van der Waals surface area contributed by atoms with Crippen molar-refractivity contribution in [1.82, 2.24) is 0 Å². The molecule has 20 heavy (non-hydrogen) atoms. The molecule has 0 heterocycles. The zero-order valence-corrected chi connectivity index (χ0v) is 11.4. The minimum Gasteiger partial charge on any atom is -0.481 e. The molecule has 5 nitrogen and oxygen atoms in total. The molecule has 0 fully saturated rings. The topological polar surface area (TPSA) is 72.8 Å². The SMILES string of the molecule is O=C(O)CCCCC(=O)OCCOCc1ccccc1. The Morgan fingerprint density at radius 1 is 1.00 bits per heavy atom. The van der Waals surface area contributed by atoms with Crippen LogP contribution in [0.3, 0.4) is 0 Å². The summed E-state index contributed by atoms with van der Waals surface area (Å²) in [5.74, 6) is -1.15. The second-order valence-corrected chi connectivity index (χ2v) is 4.36. The van der Waals surface area contributed by atoms with Crippen LogP contribution in [0.1, 0.15) is 31.2 Å². The van der Waals surface area contributed by atoms with Crippen molar-refractivity contribution in [2.45, 2.75) is 32.3 Å². The second kappa shape index (κ2) is 9.97.